The van der Waals surface area contributed by atoms with Crippen LogP contribution in [0.2, 0.25) is 0 Å². The van der Waals surface area contributed by atoms with Crippen LogP contribution in [-0.4, -0.2) is 39.5 Å². The van der Waals surface area contributed by atoms with E-state index in [0.29, 0.717) is 36.2 Å². The van der Waals surface area contributed by atoms with Crippen molar-refractivity contribution in [2.24, 2.45) is 5.92 Å². The lowest BCUT2D eigenvalue weighted by Crippen LogP contribution is -2.52. The topological polar surface area (TPSA) is 82.6 Å². The molecule has 1 fully saturated rings. The molecule has 2 heterocycles. The second kappa shape index (κ2) is 6.66. The van der Waals surface area contributed by atoms with Gasteiger partial charge in [0.05, 0.1) is 12.4 Å². The summed E-state index contributed by atoms with van der Waals surface area (Å²) in [5, 5.41) is 4.31. The number of carbonyl (C=O) groups is 1. The summed E-state index contributed by atoms with van der Waals surface area (Å²) in [6.07, 6.45) is 3.28. The first-order valence-corrected chi connectivity index (χ1v) is 8.32. The monoisotopic (exact) mass is 344 g/mol. The number of likely N-dealkylation sites (tertiary alicyclic amines) is 1. The summed E-state index contributed by atoms with van der Waals surface area (Å²) in [4.78, 5) is 13.6. The van der Waals surface area contributed by atoms with E-state index in [9.17, 15) is 4.79 Å². The van der Waals surface area contributed by atoms with Gasteiger partial charge in [-0.1, -0.05) is 0 Å². The standard InChI is InChI=1S/C18H24N4O3/c1-18(2,3)25-17(23)21-9-13(10-21)11-22-12-16(8-20-22)24-15-6-4-14(19)5-7-15/h4-8,12-13H,9-11,19H2,1-3H3. The lowest BCUT2D eigenvalue weighted by atomic mass is 10.0. The molecule has 0 saturated carbocycles. The number of hydrogen-bond donors (Lipinski definition) is 1. The molecule has 7 nitrogen and oxygen atoms in total. The first-order valence-electron chi connectivity index (χ1n) is 8.32. The number of nitrogens with zero attached hydrogens (tertiary/aromatic N) is 3. The molecule has 25 heavy (non-hydrogen) atoms. The van der Waals surface area contributed by atoms with Crippen LogP contribution in [0, 0.1) is 5.92 Å². The van der Waals surface area contributed by atoms with E-state index in [0.717, 1.165) is 6.54 Å². The molecule has 1 aromatic heterocycles. The van der Waals surface area contributed by atoms with Crippen molar-refractivity contribution in [3.8, 4) is 11.5 Å². The third kappa shape index (κ3) is 4.65. The zero-order chi connectivity index (χ0) is 18.0. The Labute approximate surface area is 147 Å². The van der Waals surface area contributed by atoms with Gasteiger partial charge in [-0.25, -0.2) is 4.79 Å². The normalized spacial score (nSPS) is 14.9. The first kappa shape index (κ1) is 17.1. The molecule has 0 atom stereocenters. The number of nitrogens with two attached hydrogens (primary N) is 1. The van der Waals surface area contributed by atoms with E-state index in [1.165, 1.54) is 0 Å². The van der Waals surface area contributed by atoms with Crippen molar-refractivity contribution >= 4 is 11.8 Å². The minimum atomic E-state index is -0.460. The van der Waals surface area contributed by atoms with Crippen molar-refractivity contribution in [2.45, 2.75) is 32.9 Å². The Kier molecular flexibility index (Phi) is 4.57. The van der Waals surface area contributed by atoms with Crippen molar-refractivity contribution in [1.82, 2.24) is 14.7 Å². The van der Waals surface area contributed by atoms with Gasteiger partial charge in [0.25, 0.3) is 0 Å². The SMILES string of the molecule is CC(C)(C)OC(=O)N1CC(Cn2cc(Oc3ccc(N)cc3)cn2)C1. The van der Waals surface area contributed by atoms with Gasteiger partial charge in [-0.15, -0.1) is 0 Å². The number of benzene rings is 1. The van der Waals surface area contributed by atoms with Gasteiger partial charge in [-0.3, -0.25) is 4.68 Å². The van der Waals surface area contributed by atoms with Gasteiger partial charge in [0.15, 0.2) is 5.75 Å². The molecular weight excluding hydrogens is 320 g/mol. The van der Waals surface area contributed by atoms with E-state index in [4.69, 9.17) is 15.2 Å². The Hall–Kier alpha value is -2.70. The molecule has 0 bridgehead atoms. The van der Waals surface area contributed by atoms with Gasteiger partial charge in [0.2, 0.25) is 0 Å². The Morgan fingerprint density at radius 1 is 1.24 bits per heavy atom. The molecular formula is C18H24N4O3. The Bertz CT molecular complexity index is 728. The Morgan fingerprint density at radius 2 is 1.92 bits per heavy atom. The molecule has 134 valence electrons. The number of anilines is 1. The molecule has 1 aliphatic heterocycles. The number of hydrogen-bond acceptors (Lipinski definition) is 5. The van der Waals surface area contributed by atoms with E-state index in [2.05, 4.69) is 5.10 Å². The van der Waals surface area contributed by atoms with Crippen molar-refractivity contribution < 1.29 is 14.3 Å². The molecule has 2 N–H and O–H groups in total. The molecule has 0 unspecified atom stereocenters. The molecule has 0 aliphatic carbocycles. The first-order chi connectivity index (χ1) is 11.8. The lowest BCUT2D eigenvalue weighted by molar-refractivity contribution is -0.00384. The maximum absolute atomic E-state index is 11.9. The summed E-state index contributed by atoms with van der Waals surface area (Å²) < 4.78 is 12.9. The summed E-state index contributed by atoms with van der Waals surface area (Å²) in [7, 11) is 0. The van der Waals surface area contributed by atoms with Crippen LogP contribution in [-0.2, 0) is 11.3 Å². The van der Waals surface area contributed by atoms with Crippen molar-refractivity contribution in [1.29, 1.82) is 0 Å². The number of ether oxygens (including phenoxy) is 2. The van der Waals surface area contributed by atoms with Crippen LogP contribution in [0.15, 0.2) is 36.7 Å². The molecule has 1 aromatic carbocycles. The summed E-state index contributed by atoms with van der Waals surface area (Å²) in [6.45, 7) is 7.72. The smallest absolute Gasteiger partial charge is 0.410 e. The number of rotatable bonds is 4. The maximum Gasteiger partial charge on any atom is 0.410 e. The van der Waals surface area contributed by atoms with Gasteiger partial charge in [0.1, 0.15) is 11.4 Å². The Balaban J connectivity index is 1.47. The average Bonchev–Trinajstić information content (AvgIpc) is 2.90. The van der Waals surface area contributed by atoms with Gasteiger partial charge < -0.3 is 20.1 Å². The van der Waals surface area contributed by atoms with Crippen molar-refractivity contribution in [3.05, 3.63) is 36.7 Å². The number of carbonyl (C=O) groups excluding carboxylic acids is 1. The van der Waals surface area contributed by atoms with Gasteiger partial charge in [-0.05, 0) is 45.0 Å². The highest BCUT2D eigenvalue weighted by Gasteiger charge is 2.33. The van der Waals surface area contributed by atoms with E-state index >= 15 is 0 Å². The molecule has 3 rings (SSSR count). The summed E-state index contributed by atoms with van der Waals surface area (Å²) in [5.41, 5.74) is 5.90. The summed E-state index contributed by atoms with van der Waals surface area (Å²) in [5.74, 6) is 1.76. The van der Waals surface area contributed by atoms with E-state index in [-0.39, 0.29) is 6.09 Å². The van der Waals surface area contributed by atoms with Crippen LogP contribution in [0.1, 0.15) is 20.8 Å². The van der Waals surface area contributed by atoms with Crippen LogP contribution < -0.4 is 10.5 Å². The second-order valence-corrected chi connectivity index (χ2v) is 7.32. The van der Waals surface area contributed by atoms with Gasteiger partial charge >= 0.3 is 6.09 Å². The van der Waals surface area contributed by atoms with E-state index in [1.54, 1.807) is 23.2 Å². The number of amides is 1. The predicted octanol–water partition coefficient (Wildman–Crippen LogP) is 3.12. The summed E-state index contributed by atoms with van der Waals surface area (Å²) in [6, 6.07) is 7.22. The van der Waals surface area contributed by atoms with Crippen LogP contribution in [0.4, 0.5) is 10.5 Å². The van der Waals surface area contributed by atoms with Gasteiger partial charge in [-0.2, -0.15) is 5.10 Å². The highest BCUT2D eigenvalue weighted by Crippen LogP contribution is 2.24. The fourth-order valence-electron chi connectivity index (χ4n) is 2.59. The highest BCUT2D eigenvalue weighted by molar-refractivity contribution is 5.69. The van der Waals surface area contributed by atoms with Crippen LogP contribution in [0.5, 0.6) is 11.5 Å². The molecule has 0 spiro atoms. The largest absolute Gasteiger partial charge is 0.454 e. The third-order valence-electron chi connectivity index (χ3n) is 3.78. The minimum absolute atomic E-state index is 0.253. The fourth-order valence-corrected chi connectivity index (χ4v) is 2.59. The number of aromatic nitrogens is 2. The minimum Gasteiger partial charge on any atom is -0.454 e. The zero-order valence-electron chi connectivity index (χ0n) is 14.8. The fraction of sp³-hybridized carbons (Fsp3) is 0.444. The molecule has 0 radical (unpaired) electrons. The third-order valence-corrected chi connectivity index (χ3v) is 3.78. The van der Waals surface area contributed by atoms with Crippen molar-refractivity contribution in [3.63, 3.8) is 0 Å². The van der Waals surface area contributed by atoms with Crippen LogP contribution in [0.3, 0.4) is 0 Å². The maximum atomic E-state index is 11.9. The van der Waals surface area contributed by atoms with Crippen LogP contribution in [0.25, 0.3) is 0 Å². The van der Waals surface area contributed by atoms with E-state index in [1.807, 2.05) is 43.8 Å². The molecule has 1 saturated heterocycles. The summed E-state index contributed by atoms with van der Waals surface area (Å²) >= 11 is 0. The molecule has 2 aromatic rings. The lowest BCUT2D eigenvalue weighted by Gasteiger charge is -2.39. The molecule has 7 heteroatoms. The molecule has 1 aliphatic rings. The highest BCUT2D eigenvalue weighted by atomic mass is 16.6. The number of nitrogen functional groups attached to an aromatic ring is 1. The Morgan fingerprint density at radius 3 is 2.56 bits per heavy atom. The molecule has 1 amide bonds. The quantitative estimate of drug-likeness (QED) is 0.862. The predicted molar refractivity (Wildman–Crippen MR) is 94.5 cm³/mol. The van der Waals surface area contributed by atoms with Crippen molar-refractivity contribution in [2.75, 3.05) is 18.8 Å². The zero-order valence-corrected chi connectivity index (χ0v) is 14.8. The van der Waals surface area contributed by atoms with Crippen LogP contribution >= 0.6 is 0 Å². The van der Waals surface area contributed by atoms with Gasteiger partial charge in [0, 0.05) is 31.2 Å². The average molecular weight is 344 g/mol. The second-order valence-electron chi connectivity index (χ2n) is 7.32. The van der Waals surface area contributed by atoms with E-state index < -0.39 is 5.60 Å².